The number of aliphatic hydroxyl groups excluding tert-OH is 1. The summed E-state index contributed by atoms with van der Waals surface area (Å²) < 4.78 is 6.70. The van der Waals surface area contributed by atoms with Crippen molar-refractivity contribution in [1.29, 1.82) is 0 Å². The van der Waals surface area contributed by atoms with E-state index in [2.05, 4.69) is 67.5 Å². The second-order valence-electron chi connectivity index (χ2n) is 7.11. The van der Waals surface area contributed by atoms with Crippen molar-refractivity contribution in [3.63, 3.8) is 0 Å². The third kappa shape index (κ3) is 3.51. The van der Waals surface area contributed by atoms with Gasteiger partial charge < -0.3 is 9.53 Å². The van der Waals surface area contributed by atoms with Crippen LogP contribution >= 0.6 is 0 Å². The Morgan fingerprint density at radius 1 is 0.905 bits per heavy atom. The SMILES string of the molecule is Cc1cc(O[Si](C(C)C)(C(C)C)C(C)C)cc(C)c1CO. The molecular weight excluding hydrogens is 276 g/mol. The van der Waals surface area contributed by atoms with Gasteiger partial charge in [-0.1, -0.05) is 41.5 Å². The van der Waals surface area contributed by atoms with E-state index in [-0.39, 0.29) is 6.61 Å². The zero-order chi connectivity index (χ0) is 16.4. The van der Waals surface area contributed by atoms with Gasteiger partial charge in [-0.05, 0) is 59.3 Å². The first-order valence-corrected chi connectivity index (χ1v) is 10.2. The van der Waals surface area contributed by atoms with Crippen LogP contribution in [-0.2, 0) is 6.61 Å². The molecule has 2 nitrogen and oxygen atoms in total. The van der Waals surface area contributed by atoms with Gasteiger partial charge in [0.1, 0.15) is 5.75 Å². The fourth-order valence-electron chi connectivity index (χ4n) is 3.82. The number of hydrogen-bond acceptors (Lipinski definition) is 2. The Morgan fingerprint density at radius 3 is 1.57 bits per heavy atom. The van der Waals surface area contributed by atoms with Gasteiger partial charge in [0.15, 0.2) is 0 Å². The van der Waals surface area contributed by atoms with Crippen molar-refractivity contribution in [2.75, 3.05) is 0 Å². The average Bonchev–Trinajstić information content (AvgIpc) is 2.34. The van der Waals surface area contributed by atoms with Gasteiger partial charge in [0.2, 0.25) is 0 Å². The first kappa shape index (κ1) is 18.2. The smallest absolute Gasteiger partial charge is 0.258 e. The summed E-state index contributed by atoms with van der Waals surface area (Å²) in [5.74, 6) is 0.977. The first-order valence-electron chi connectivity index (χ1n) is 8.06. The fraction of sp³-hybridized carbons (Fsp3) is 0.667. The quantitative estimate of drug-likeness (QED) is 0.718. The van der Waals surface area contributed by atoms with Crippen molar-refractivity contribution in [1.82, 2.24) is 0 Å². The predicted octanol–water partition coefficient (Wildman–Crippen LogP) is 5.35. The monoisotopic (exact) mass is 308 g/mol. The zero-order valence-corrected chi connectivity index (χ0v) is 15.9. The molecule has 0 atom stereocenters. The van der Waals surface area contributed by atoms with Crippen LogP contribution in [0.1, 0.15) is 58.2 Å². The number of rotatable bonds is 6. The Bertz CT molecular complexity index is 433. The molecule has 1 aromatic rings. The van der Waals surface area contributed by atoms with Gasteiger partial charge in [0.25, 0.3) is 8.32 Å². The Kier molecular flexibility index (Phi) is 6.06. The summed E-state index contributed by atoms with van der Waals surface area (Å²) in [5.41, 5.74) is 4.95. The van der Waals surface area contributed by atoms with E-state index in [1.807, 2.05) is 0 Å². The minimum atomic E-state index is -1.90. The molecule has 0 aromatic heterocycles. The van der Waals surface area contributed by atoms with E-state index in [9.17, 15) is 5.11 Å². The summed E-state index contributed by atoms with van der Waals surface area (Å²) in [6.07, 6.45) is 0. The highest BCUT2D eigenvalue weighted by molar-refractivity contribution is 6.78. The Labute approximate surface area is 131 Å². The summed E-state index contributed by atoms with van der Waals surface area (Å²) in [4.78, 5) is 0. The van der Waals surface area contributed by atoms with Crippen LogP contribution in [0.3, 0.4) is 0 Å². The lowest BCUT2D eigenvalue weighted by atomic mass is 10.0. The van der Waals surface area contributed by atoms with Crippen molar-refractivity contribution in [3.05, 3.63) is 28.8 Å². The van der Waals surface area contributed by atoms with Gasteiger partial charge in [-0.3, -0.25) is 0 Å². The lowest BCUT2D eigenvalue weighted by Gasteiger charge is -2.42. The second kappa shape index (κ2) is 6.97. The van der Waals surface area contributed by atoms with Crippen LogP contribution in [0.2, 0.25) is 16.6 Å². The molecule has 0 radical (unpaired) electrons. The summed E-state index contributed by atoms with van der Waals surface area (Å²) in [5, 5.41) is 9.46. The van der Waals surface area contributed by atoms with Crippen LogP contribution in [0.25, 0.3) is 0 Å². The van der Waals surface area contributed by atoms with Gasteiger partial charge in [-0.25, -0.2) is 0 Å². The minimum Gasteiger partial charge on any atom is -0.543 e. The van der Waals surface area contributed by atoms with Gasteiger partial charge in [0, 0.05) is 0 Å². The lowest BCUT2D eigenvalue weighted by Crippen LogP contribution is -2.50. The summed E-state index contributed by atoms with van der Waals surface area (Å²) >= 11 is 0. The molecule has 0 bridgehead atoms. The minimum absolute atomic E-state index is 0.0963. The van der Waals surface area contributed by atoms with E-state index in [0.717, 1.165) is 22.4 Å². The third-order valence-electron chi connectivity index (χ3n) is 4.83. The molecule has 0 aliphatic rings. The molecule has 0 unspecified atom stereocenters. The standard InChI is InChI=1S/C18H32O2Si/c1-12(2)21(13(3)4,14(5)6)20-17-9-15(7)18(11-19)16(8)10-17/h9-10,12-14,19H,11H2,1-8H3. The summed E-state index contributed by atoms with van der Waals surface area (Å²) in [6, 6.07) is 4.18. The van der Waals surface area contributed by atoms with Crippen molar-refractivity contribution in [2.24, 2.45) is 0 Å². The Hall–Kier alpha value is -0.803. The molecule has 1 aromatic carbocycles. The van der Waals surface area contributed by atoms with Gasteiger partial charge in [-0.2, -0.15) is 0 Å². The molecule has 21 heavy (non-hydrogen) atoms. The molecule has 0 saturated heterocycles. The van der Waals surface area contributed by atoms with Crippen molar-refractivity contribution >= 4 is 8.32 Å². The van der Waals surface area contributed by atoms with E-state index in [4.69, 9.17) is 4.43 Å². The lowest BCUT2D eigenvalue weighted by molar-refractivity contribution is 0.280. The highest BCUT2D eigenvalue weighted by Gasteiger charge is 2.47. The largest absolute Gasteiger partial charge is 0.543 e. The Balaban J connectivity index is 3.28. The van der Waals surface area contributed by atoms with Crippen LogP contribution < -0.4 is 4.43 Å². The number of aryl methyl sites for hydroxylation is 2. The maximum absolute atomic E-state index is 9.46. The van der Waals surface area contributed by atoms with Crippen LogP contribution in [0, 0.1) is 13.8 Å². The van der Waals surface area contributed by atoms with Crippen molar-refractivity contribution in [2.45, 2.75) is 78.6 Å². The van der Waals surface area contributed by atoms with Crippen molar-refractivity contribution < 1.29 is 9.53 Å². The van der Waals surface area contributed by atoms with Gasteiger partial charge in [-0.15, -0.1) is 0 Å². The number of hydrogen-bond donors (Lipinski definition) is 1. The van der Waals surface area contributed by atoms with Gasteiger partial charge in [0.05, 0.1) is 6.61 Å². The molecule has 0 saturated carbocycles. The molecule has 0 heterocycles. The first-order chi connectivity index (χ1) is 9.66. The topological polar surface area (TPSA) is 29.5 Å². The molecule has 0 aliphatic heterocycles. The van der Waals surface area contributed by atoms with E-state index in [1.54, 1.807) is 0 Å². The second-order valence-corrected chi connectivity index (χ2v) is 12.5. The summed E-state index contributed by atoms with van der Waals surface area (Å²) in [7, 11) is -1.90. The summed E-state index contributed by atoms with van der Waals surface area (Å²) in [6.45, 7) is 18.0. The fourth-order valence-corrected chi connectivity index (χ4v) is 9.05. The number of benzene rings is 1. The predicted molar refractivity (Wildman–Crippen MR) is 93.5 cm³/mol. The zero-order valence-electron chi connectivity index (χ0n) is 14.9. The van der Waals surface area contributed by atoms with E-state index < -0.39 is 8.32 Å². The van der Waals surface area contributed by atoms with Crippen molar-refractivity contribution in [3.8, 4) is 5.75 Å². The maximum atomic E-state index is 9.46. The van der Waals surface area contributed by atoms with Crippen LogP contribution in [0.4, 0.5) is 0 Å². The molecule has 0 amide bonds. The number of aliphatic hydroxyl groups is 1. The normalized spacial score (nSPS) is 12.6. The Morgan fingerprint density at radius 2 is 1.29 bits per heavy atom. The van der Waals surface area contributed by atoms with E-state index >= 15 is 0 Å². The van der Waals surface area contributed by atoms with Crippen LogP contribution in [0.5, 0.6) is 5.75 Å². The third-order valence-corrected chi connectivity index (χ3v) is 10.8. The molecule has 0 spiro atoms. The average molecular weight is 309 g/mol. The van der Waals surface area contributed by atoms with Crippen LogP contribution in [-0.4, -0.2) is 13.4 Å². The van der Waals surface area contributed by atoms with Crippen LogP contribution in [0.15, 0.2) is 12.1 Å². The molecule has 0 fully saturated rings. The van der Waals surface area contributed by atoms with Gasteiger partial charge >= 0.3 is 0 Å². The molecule has 3 heteroatoms. The molecule has 120 valence electrons. The highest BCUT2D eigenvalue weighted by atomic mass is 28.4. The highest BCUT2D eigenvalue weighted by Crippen LogP contribution is 2.43. The molecule has 1 rings (SSSR count). The maximum Gasteiger partial charge on any atom is 0.258 e. The molecule has 0 aliphatic carbocycles. The molecule has 1 N–H and O–H groups in total. The van der Waals surface area contributed by atoms with E-state index in [1.165, 1.54) is 0 Å². The van der Waals surface area contributed by atoms with E-state index in [0.29, 0.717) is 16.6 Å². The molecular formula is C18H32O2Si.